The summed E-state index contributed by atoms with van der Waals surface area (Å²) in [5.74, 6) is 0.0907. The number of hydrogen-bond acceptors (Lipinski definition) is 3. The lowest BCUT2D eigenvalue weighted by molar-refractivity contribution is -0.133. The maximum atomic E-state index is 11.9. The third kappa shape index (κ3) is 2.97. The molecule has 0 fully saturated rings. The molecule has 1 unspecified atom stereocenters. The number of phenolic OH excluding ortho intramolecular Hbond substituents is 1. The van der Waals surface area contributed by atoms with Crippen LogP contribution < -0.4 is 5.73 Å². The van der Waals surface area contributed by atoms with Crippen LogP contribution in [0.1, 0.15) is 31.9 Å². The Kier molecular flexibility index (Phi) is 4.52. The highest BCUT2D eigenvalue weighted by Crippen LogP contribution is 2.27. The molecule has 2 atom stereocenters. The highest BCUT2D eigenvalue weighted by molar-refractivity contribution is 5.81. The van der Waals surface area contributed by atoms with Crippen LogP contribution >= 0.6 is 0 Å². The number of aromatic hydroxyl groups is 1. The number of nitrogens with two attached hydrogens (primary N) is 1. The molecule has 4 heteroatoms. The molecule has 1 aromatic carbocycles. The monoisotopic (exact) mass is 236 g/mol. The van der Waals surface area contributed by atoms with Crippen molar-refractivity contribution in [1.82, 2.24) is 4.90 Å². The van der Waals surface area contributed by atoms with E-state index in [1.54, 1.807) is 30.1 Å². The van der Waals surface area contributed by atoms with E-state index in [1.807, 2.05) is 19.9 Å². The molecule has 94 valence electrons. The van der Waals surface area contributed by atoms with Gasteiger partial charge >= 0.3 is 0 Å². The van der Waals surface area contributed by atoms with Crippen molar-refractivity contribution in [3.05, 3.63) is 29.8 Å². The predicted octanol–water partition coefficient (Wildman–Crippen LogP) is 1.65. The Morgan fingerprint density at radius 1 is 1.47 bits per heavy atom. The number of phenols is 1. The van der Waals surface area contributed by atoms with Crippen LogP contribution in [0.3, 0.4) is 0 Å². The summed E-state index contributed by atoms with van der Waals surface area (Å²) in [5.41, 5.74) is 6.45. The summed E-state index contributed by atoms with van der Waals surface area (Å²) in [6.07, 6.45) is 0.608. The molecule has 0 aromatic heterocycles. The molecule has 0 spiro atoms. The Morgan fingerprint density at radius 3 is 2.59 bits per heavy atom. The lowest BCUT2D eigenvalue weighted by Gasteiger charge is -2.28. The van der Waals surface area contributed by atoms with Crippen molar-refractivity contribution in [2.75, 3.05) is 7.05 Å². The average molecular weight is 236 g/mol. The van der Waals surface area contributed by atoms with Gasteiger partial charge in [0.2, 0.25) is 5.91 Å². The Morgan fingerprint density at radius 2 is 2.06 bits per heavy atom. The molecule has 17 heavy (non-hydrogen) atoms. The van der Waals surface area contributed by atoms with Crippen molar-refractivity contribution in [3.63, 3.8) is 0 Å². The topological polar surface area (TPSA) is 66.6 Å². The maximum absolute atomic E-state index is 11.9. The van der Waals surface area contributed by atoms with Crippen molar-refractivity contribution in [2.24, 2.45) is 5.73 Å². The van der Waals surface area contributed by atoms with Gasteiger partial charge in [0.05, 0.1) is 12.1 Å². The minimum absolute atomic E-state index is 0.108. The quantitative estimate of drug-likeness (QED) is 0.835. The van der Waals surface area contributed by atoms with Gasteiger partial charge in [0.25, 0.3) is 0 Å². The second-order valence-electron chi connectivity index (χ2n) is 4.20. The standard InChI is InChI=1S/C13H20N2O2/c1-4-11(14)13(17)15(3)9(2)10-7-5-6-8-12(10)16/h5-9,11,16H,4,14H2,1-3H3/t9?,11-/m0/s1. The lowest BCUT2D eigenvalue weighted by Crippen LogP contribution is -2.42. The van der Waals surface area contributed by atoms with Crippen LogP contribution in [-0.4, -0.2) is 29.0 Å². The van der Waals surface area contributed by atoms with Gasteiger partial charge in [-0.05, 0) is 19.4 Å². The fraction of sp³-hybridized carbons (Fsp3) is 0.462. The summed E-state index contributed by atoms with van der Waals surface area (Å²) in [7, 11) is 1.70. The lowest BCUT2D eigenvalue weighted by atomic mass is 10.1. The second-order valence-corrected chi connectivity index (χ2v) is 4.20. The Bertz CT molecular complexity index is 393. The molecule has 0 bridgehead atoms. The van der Waals surface area contributed by atoms with E-state index in [-0.39, 0.29) is 17.7 Å². The summed E-state index contributed by atoms with van der Waals surface area (Å²) in [6.45, 7) is 3.75. The van der Waals surface area contributed by atoms with E-state index in [9.17, 15) is 9.90 Å². The van der Waals surface area contributed by atoms with E-state index >= 15 is 0 Å². The van der Waals surface area contributed by atoms with Crippen LogP contribution in [0.2, 0.25) is 0 Å². The number of para-hydroxylation sites is 1. The molecule has 4 nitrogen and oxygen atoms in total. The zero-order chi connectivity index (χ0) is 13.0. The van der Waals surface area contributed by atoms with E-state index in [2.05, 4.69) is 0 Å². The average Bonchev–Trinajstić information content (AvgIpc) is 2.35. The summed E-state index contributed by atoms with van der Waals surface area (Å²) >= 11 is 0. The van der Waals surface area contributed by atoms with Gasteiger partial charge < -0.3 is 15.7 Å². The van der Waals surface area contributed by atoms with Crippen LogP contribution in [0.15, 0.2) is 24.3 Å². The molecule has 0 saturated heterocycles. The number of carbonyl (C=O) groups excluding carboxylic acids is 1. The smallest absolute Gasteiger partial charge is 0.239 e. The van der Waals surface area contributed by atoms with Crippen LogP contribution in [0.4, 0.5) is 0 Å². The molecule has 1 amide bonds. The molecule has 0 aliphatic rings. The molecule has 0 radical (unpaired) electrons. The van der Waals surface area contributed by atoms with Crippen LogP contribution in [0, 0.1) is 0 Å². The Labute approximate surface area is 102 Å². The van der Waals surface area contributed by atoms with Gasteiger partial charge in [-0.25, -0.2) is 0 Å². The SMILES string of the molecule is CC[C@H](N)C(=O)N(C)C(C)c1ccccc1O. The maximum Gasteiger partial charge on any atom is 0.239 e. The largest absolute Gasteiger partial charge is 0.508 e. The zero-order valence-electron chi connectivity index (χ0n) is 10.6. The number of amides is 1. The van der Waals surface area contributed by atoms with E-state index in [1.165, 1.54) is 0 Å². The number of hydrogen-bond donors (Lipinski definition) is 2. The van der Waals surface area contributed by atoms with Crippen molar-refractivity contribution < 1.29 is 9.90 Å². The van der Waals surface area contributed by atoms with E-state index in [4.69, 9.17) is 5.73 Å². The van der Waals surface area contributed by atoms with E-state index in [0.717, 1.165) is 5.56 Å². The molecule has 0 aliphatic carbocycles. The van der Waals surface area contributed by atoms with Gasteiger partial charge in [0.1, 0.15) is 5.75 Å². The van der Waals surface area contributed by atoms with Gasteiger partial charge in [0, 0.05) is 12.6 Å². The van der Waals surface area contributed by atoms with Crippen LogP contribution in [0.25, 0.3) is 0 Å². The van der Waals surface area contributed by atoms with Crippen LogP contribution in [0.5, 0.6) is 5.75 Å². The molecular formula is C13H20N2O2. The number of rotatable bonds is 4. The highest BCUT2D eigenvalue weighted by atomic mass is 16.3. The first-order valence-electron chi connectivity index (χ1n) is 5.79. The van der Waals surface area contributed by atoms with Crippen LogP contribution in [-0.2, 0) is 4.79 Å². The van der Waals surface area contributed by atoms with Gasteiger partial charge in [-0.15, -0.1) is 0 Å². The second kappa shape index (κ2) is 5.68. The summed E-state index contributed by atoms with van der Waals surface area (Å²) in [6, 6.07) is 6.34. The molecule has 0 heterocycles. The fourth-order valence-corrected chi connectivity index (χ4v) is 1.68. The van der Waals surface area contributed by atoms with Crippen molar-refractivity contribution in [3.8, 4) is 5.75 Å². The minimum atomic E-state index is -0.478. The molecular weight excluding hydrogens is 216 g/mol. The molecule has 0 saturated carbocycles. The number of nitrogens with zero attached hydrogens (tertiary/aromatic N) is 1. The van der Waals surface area contributed by atoms with Crippen molar-refractivity contribution >= 4 is 5.91 Å². The number of likely N-dealkylation sites (N-methyl/N-ethyl adjacent to an activating group) is 1. The zero-order valence-corrected chi connectivity index (χ0v) is 10.6. The van der Waals surface area contributed by atoms with Gasteiger partial charge in [-0.1, -0.05) is 25.1 Å². The van der Waals surface area contributed by atoms with Gasteiger partial charge in [0.15, 0.2) is 0 Å². The predicted molar refractivity (Wildman–Crippen MR) is 67.6 cm³/mol. The molecule has 1 aromatic rings. The molecule has 0 aliphatic heterocycles. The normalized spacial score (nSPS) is 14.1. The number of carbonyl (C=O) groups is 1. The highest BCUT2D eigenvalue weighted by Gasteiger charge is 2.23. The first kappa shape index (κ1) is 13.5. The summed E-state index contributed by atoms with van der Waals surface area (Å²) in [4.78, 5) is 13.5. The first-order valence-corrected chi connectivity index (χ1v) is 5.79. The summed E-state index contributed by atoms with van der Waals surface area (Å²) < 4.78 is 0. The number of benzene rings is 1. The molecule has 1 rings (SSSR count). The molecule has 3 N–H and O–H groups in total. The van der Waals surface area contributed by atoms with Gasteiger partial charge in [-0.2, -0.15) is 0 Å². The van der Waals surface area contributed by atoms with Gasteiger partial charge in [-0.3, -0.25) is 4.79 Å². The first-order chi connectivity index (χ1) is 7.99. The van der Waals surface area contributed by atoms with Crippen molar-refractivity contribution in [1.29, 1.82) is 0 Å². The third-order valence-corrected chi connectivity index (χ3v) is 3.07. The van der Waals surface area contributed by atoms with Crippen molar-refractivity contribution in [2.45, 2.75) is 32.4 Å². The fourth-order valence-electron chi connectivity index (χ4n) is 1.68. The van der Waals surface area contributed by atoms with E-state index in [0.29, 0.717) is 6.42 Å². The Balaban J connectivity index is 2.87. The third-order valence-electron chi connectivity index (χ3n) is 3.07. The van der Waals surface area contributed by atoms with E-state index < -0.39 is 6.04 Å². The minimum Gasteiger partial charge on any atom is -0.508 e. The summed E-state index contributed by atoms with van der Waals surface area (Å²) in [5, 5.41) is 9.74. The Hall–Kier alpha value is -1.55.